The SMILES string of the molecule is CC(C)COC1CCN(C(=O)[C@H](C)N2CCc3ccccc3C2)CC1. The average molecular weight is 344 g/mol. The second kappa shape index (κ2) is 8.33. The van der Waals surface area contributed by atoms with E-state index in [1.807, 2.05) is 4.90 Å². The lowest BCUT2D eigenvalue weighted by Crippen LogP contribution is -2.51. The van der Waals surface area contributed by atoms with Crippen molar-refractivity contribution in [2.75, 3.05) is 26.2 Å². The van der Waals surface area contributed by atoms with Crippen molar-refractivity contribution in [1.82, 2.24) is 9.80 Å². The summed E-state index contributed by atoms with van der Waals surface area (Å²) < 4.78 is 5.94. The van der Waals surface area contributed by atoms with E-state index in [0.29, 0.717) is 12.0 Å². The number of hydrogen-bond acceptors (Lipinski definition) is 3. The Labute approximate surface area is 152 Å². The number of piperidine rings is 1. The van der Waals surface area contributed by atoms with E-state index >= 15 is 0 Å². The van der Waals surface area contributed by atoms with Crippen molar-refractivity contribution >= 4 is 5.91 Å². The van der Waals surface area contributed by atoms with E-state index in [4.69, 9.17) is 4.74 Å². The van der Waals surface area contributed by atoms with Crippen LogP contribution in [0.2, 0.25) is 0 Å². The highest BCUT2D eigenvalue weighted by Crippen LogP contribution is 2.22. The Bertz CT molecular complexity index is 579. The van der Waals surface area contributed by atoms with Gasteiger partial charge in [0.2, 0.25) is 5.91 Å². The summed E-state index contributed by atoms with van der Waals surface area (Å²) in [6.45, 7) is 10.8. The first kappa shape index (κ1) is 18.4. The molecular weight excluding hydrogens is 312 g/mol. The molecule has 0 bridgehead atoms. The lowest BCUT2D eigenvalue weighted by Gasteiger charge is -2.38. The molecule has 0 N–H and O–H groups in total. The number of benzene rings is 1. The normalized spacial score (nSPS) is 20.6. The fourth-order valence-electron chi connectivity index (χ4n) is 3.84. The van der Waals surface area contributed by atoms with Crippen LogP contribution in [-0.2, 0) is 22.5 Å². The molecule has 2 aliphatic rings. The lowest BCUT2D eigenvalue weighted by atomic mass is 9.98. The summed E-state index contributed by atoms with van der Waals surface area (Å²) in [5.74, 6) is 0.850. The maximum Gasteiger partial charge on any atom is 0.239 e. The molecule has 2 aliphatic heterocycles. The van der Waals surface area contributed by atoms with Gasteiger partial charge in [-0.25, -0.2) is 0 Å². The third kappa shape index (κ3) is 4.62. The number of fused-ring (bicyclic) bond motifs is 1. The van der Waals surface area contributed by atoms with Crippen LogP contribution in [0.4, 0.5) is 0 Å². The topological polar surface area (TPSA) is 32.8 Å². The predicted octanol–water partition coefficient (Wildman–Crippen LogP) is 3.10. The Morgan fingerprint density at radius 2 is 1.80 bits per heavy atom. The highest BCUT2D eigenvalue weighted by Gasteiger charge is 2.31. The number of ether oxygens (including phenoxy) is 1. The molecule has 1 fully saturated rings. The number of carbonyl (C=O) groups excluding carboxylic acids is 1. The second-order valence-electron chi connectivity index (χ2n) is 7.92. The Hall–Kier alpha value is -1.39. The smallest absolute Gasteiger partial charge is 0.239 e. The van der Waals surface area contributed by atoms with Crippen LogP contribution in [0.1, 0.15) is 44.7 Å². The van der Waals surface area contributed by atoms with Gasteiger partial charge in [-0.15, -0.1) is 0 Å². The molecule has 4 heteroatoms. The van der Waals surface area contributed by atoms with E-state index < -0.39 is 0 Å². The largest absolute Gasteiger partial charge is 0.378 e. The second-order valence-corrected chi connectivity index (χ2v) is 7.92. The Kier molecular flexibility index (Phi) is 6.13. The molecule has 0 unspecified atom stereocenters. The molecule has 138 valence electrons. The lowest BCUT2D eigenvalue weighted by molar-refractivity contribution is -0.139. The van der Waals surface area contributed by atoms with Crippen LogP contribution in [0.15, 0.2) is 24.3 Å². The van der Waals surface area contributed by atoms with Gasteiger partial charge in [0.25, 0.3) is 0 Å². The number of nitrogens with zero attached hydrogens (tertiary/aromatic N) is 2. The van der Waals surface area contributed by atoms with Crippen LogP contribution in [0, 0.1) is 5.92 Å². The summed E-state index contributed by atoms with van der Waals surface area (Å²) in [5.41, 5.74) is 2.80. The van der Waals surface area contributed by atoms with Gasteiger partial charge in [0.05, 0.1) is 12.1 Å². The molecule has 1 aromatic carbocycles. The van der Waals surface area contributed by atoms with Gasteiger partial charge in [-0.2, -0.15) is 0 Å². The third-order valence-electron chi connectivity index (χ3n) is 5.48. The number of carbonyl (C=O) groups is 1. The van der Waals surface area contributed by atoms with E-state index in [1.165, 1.54) is 11.1 Å². The van der Waals surface area contributed by atoms with E-state index in [1.54, 1.807) is 0 Å². The zero-order valence-electron chi connectivity index (χ0n) is 15.9. The Morgan fingerprint density at radius 3 is 2.48 bits per heavy atom. The molecule has 1 amide bonds. The fourth-order valence-corrected chi connectivity index (χ4v) is 3.84. The van der Waals surface area contributed by atoms with Crippen LogP contribution >= 0.6 is 0 Å². The van der Waals surface area contributed by atoms with Crippen LogP contribution in [0.3, 0.4) is 0 Å². The molecule has 0 aliphatic carbocycles. The molecule has 0 saturated carbocycles. The first-order valence-corrected chi connectivity index (χ1v) is 9.76. The van der Waals surface area contributed by atoms with Gasteiger partial charge < -0.3 is 9.64 Å². The molecule has 1 saturated heterocycles. The number of hydrogen-bond donors (Lipinski definition) is 0. The Morgan fingerprint density at radius 1 is 1.12 bits per heavy atom. The maximum atomic E-state index is 12.9. The van der Waals surface area contributed by atoms with Gasteiger partial charge in [-0.05, 0) is 43.2 Å². The van der Waals surface area contributed by atoms with Gasteiger partial charge in [0.1, 0.15) is 0 Å². The van der Waals surface area contributed by atoms with Crippen LogP contribution in [0.5, 0.6) is 0 Å². The standard InChI is InChI=1S/C21H32N2O2/c1-16(2)15-25-20-9-12-22(13-10-20)21(24)17(3)23-11-8-18-6-4-5-7-19(18)14-23/h4-7,16-17,20H,8-15H2,1-3H3/t17-/m0/s1. The van der Waals surface area contributed by atoms with Crippen molar-refractivity contribution in [2.45, 2.75) is 58.7 Å². The minimum Gasteiger partial charge on any atom is -0.378 e. The molecular formula is C21H32N2O2. The number of amides is 1. The minimum atomic E-state index is -0.0403. The van der Waals surface area contributed by atoms with Gasteiger partial charge in [-0.3, -0.25) is 9.69 Å². The summed E-state index contributed by atoms with van der Waals surface area (Å²) in [7, 11) is 0. The quantitative estimate of drug-likeness (QED) is 0.823. The summed E-state index contributed by atoms with van der Waals surface area (Å²) in [4.78, 5) is 17.3. The zero-order chi connectivity index (χ0) is 17.8. The van der Waals surface area contributed by atoms with Crippen LogP contribution in [0.25, 0.3) is 0 Å². The average Bonchev–Trinajstić information content (AvgIpc) is 2.65. The van der Waals surface area contributed by atoms with Crippen molar-refractivity contribution < 1.29 is 9.53 Å². The summed E-state index contributed by atoms with van der Waals surface area (Å²) in [6.07, 6.45) is 3.30. The monoisotopic (exact) mass is 344 g/mol. The van der Waals surface area contributed by atoms with Gasteiger partial charge >= 0.3 is 0 Å². The van der Waals surface area contributed by atoms with Crippen molar-refractivity contribution in [2.24, 2.45) is 5.92 Å². The molecule has 0 spiro atoms. The van der Waals surface area contributed by atoms with Crippen molar-refractivity contribution in [3.05, 3.63) is 35.4 Å². The van der Waals surface area contributed by atoms with E-state index in [-0.39, 0.29) is 11.9 Å². The van der Waals surface area contributed by atoms with E-state index in [0.717, 1.165) is 52.0 Å². The van der Waals surface area contributed by atoms with Crippen molar-refractivity contribution in [3.63, 3.8) is 0 Å². The van der Waals surface area contributed by atoms with E-state index in [9.17, 15) is 4.79 Å². The molecule has 25 heavy (non-hydrogen) atoms. The Balaban J connectivity index is 1.50. The van der Waals surface area contributed by atoms with Crippen molar-refractivity contribution in [3.8, 4) is 0 Å². The van der Waals surface area contributed by atoms with Crippen molar-refractivity contribution in [1.29, 1.82) is 0 Å². The third-order valence-corrected chi connectivity index (χ3v) is 5.48. The molecule has 3 rings (SSSR count). The van der Waals surface area contributed by atoms with Crippen LogP contribution in [-0.4, -0.2) is 54.1 Å². The summed E-state index contributed by atoms with van der Waals surface area (Å²) in [5, 5.41) is 0. The highest BCUT2D eigenvalue weighted by atomic mass is 16.5. The molecule has 1 aromatic rings. The number of likely N-dealkylation sites (tertiary alicyclic amines) is 1. The molecule has 1 atom stereocenters. The molecule has 2 heterocycles. The first-order chi connectivity index (χ1) is 12.0. The maximum absolute atomic E-state index is 12.9. The molecule has 0 radical (unpaired) electrons. The summed E-state index contributed by atoms with van der Waals surface area (Å²) >= 11 is 0. The zero-order valence-corrected chi connectivity index (χ0v) is 15.9. The van der Waals surface area contributed by atoms with Gasteiger partial charge in [0, 0.05) is 32.8 Å². The fraction of sp³-hybridized carbons (Fsp3) is 0.667. The minimum absolute atomic E-state index is 0.0403. The van der Waals surface area contributed by atoms with Gasteiger partial charge in [-0.1, -0.05) is 38.1 Å². The molecule has 4 nitrogen and oxygen atoms in total. The van der Waals surface area contributed by atoms with E-state index in [2.05, 4.69) is 49.9 Å². The highest BCUT2D eigenvalue weighted by molar-refractivity contribution is 5.81. The first-order valence-electron chi connectivity index (χ1n) is 9.76. The van der Waals surface area contributed by atoms with Gasteiger partial charge in [0.15, 0.2) is 0 Å². The predicted molar refractivity (Wildman–Crippen MR) is 100 cm³/mol. The number of rotatable bonds is 5. The molecule has 0 aromatic heterocycles. The summed E-state index contributed by atoms with van der Waals surface area (Å²) in [6, 6.07) is 8.56. The van der Waals surface area contributed by atoms with Crippen LogP contribution < -0.4 is 0 Å².